The number of hydrogen-bond donors (Lipinski definition) is 0. The average Bonchev–Trinajstić information content (AvgIpc) is 2.55. The van der Waals surface area contributed by atoms with Crippen LogP contribution >= 0.6 is 0 Å². The molecule has 0 radical (unpaired) electrons. The van der Waals surface area contributed by atoms with Gasteiger partial charge in [0, 0.05) is 6.54 Å². The summed E-state index contributed by atoms with van der Waals surface area (Å²) in [4.78, 5) is 26.4. The van der Waals surface area contributed by atoms with Crippen LogP contribution in [0.4, 0.5) is 0 Å². The van der Waals surface area contributed by atoms with Crippen molar-refractivity contribution in [2.45, 2.75) is 40.5 Å². The van der Waals surface area contributed by atoms with Gasteiger partial charge >= 0.3 is 0 Å². The first kappa shape index (κ1) is 13.8. The summed E-state index contributed by atoms with van der Waals surface area (Å²) in [7, 11) is 0. The minimum absolute atomic E-state index is 0.124. The highest BCUT2D eigenvalue weighted by Crippen LogP contribution is 2.32. The third kappa shape index (κ3) is 2.18. The summed E-state index contributed by atoms with van der Waals surface area (Å²) >= 11 is 0. The Morgan fingerprint density at radius 1 is 1.00 bits per heavy atom. The van der Waals surface area contributed by atoms with Gasteiger partial charge in [-0.2, -0.15) is 0 Å². The summed E-state index contributed by atoms with van der Waals surface area (Å²) in [5.41, 5.74) is 3.10. The van der Waals surface area contributed by atoms with Crippen molar-refractivity contribution in [2.75, 3.05) is 6.54 Å². The van der Waals surface area contributed by atoms with Crippen LogP contribution in [0.5, 0.6) is 0 Å². The molecule has 3 heteroatoms. The minimum atomic E-state index is -0.131. The minimum Gasteiger partial charge on any atom is -0.274 e. The Labute approximate surface area is 114 Å². The van der Waals surface area contributed by atoms with Gasteiger partial charge in [-0.3, -0.25) is 14.5 Å². The van der Waals surface area contributed by atoms with Crippen molar-refractivity contribution < 1.29 is 9.59 Å². The van der Waals surface area contributed by atoms with Crippen LogP contribution in [-0.4, -0.2) is 23.3 Å². The summed E-state index contributed by atoms with van der Waals surface area (Å²) in [5, 5.41) is 0. The van der Waals surface area contributed by atoms with Gasteiger partial charge < -0.3 is 0 Å². The Bertz CT molecular complexity index is 544. The van der Waals surface area contributed by atoms with Crippen LogP contribution in [0.15, 0.2) is 12.1 Å². The summed E-state index contributed by atoms with van der Waals surface area (Å²) < 4.78 is 0. The fraction of sp³-hybridized carbons (Fsp3) is 0.500. The molecule has 1 aromatic carbocycles. The maximum absolute atomic E-state index is 12.5. The normalized spacial score (nSPS) is 14.8. The Balaban J connectivity index is 2.58. The molecule has 0 bridgehead atoms. The van der Waals surface area contributed by atoms with E-state index >= 15 is 0 Å². The summed E-state index contributed by atoms with van der Waals surface area (Å²) in [5.74, 6) is 0.268. The van der Waals surface area contributed by atoms with E-state index in [0.717, 1.165) is 11.1 Å². The molecule has 102 valence electrons. The molecule has 0 N–H and O–H groups in total. The standard InChI is InChI=1S/C16H21NO2/c1-9(2)8-17-15(18)13-11(5)6-7-12(10(3)4)14(13)16(17)19/h6-7,9-10H,8H2,1-5H3. The molecule has 3 nitrogen and oxygen atoms in total. The smallest absolute Gasteiger partial charge is 0.261 e. The monoisotopic (exact) mass is 259 g/mol. The number of benzene rings is 1. The first-order valence-corrected chi connectivity index (χ1v) is 6.84. The quantitative estimate of drug-likeness (QED) is 0.780. The van der Waals surface area contributed by atoms with E-state index in [1.165, 1.54) is 4.90 Å². The van der Waals surface area contributed by atoms with E-state index in [0.29, 0.717) is 17.7 Å². The molecule has 1 aliphatic heterocycles. The lowest BCUT2D eigenvalue weighted by atomic mass is 9.92. The zero-order valence-corrected chi connectivity index (χ0v) is 12.3. The van der Waals surface area contributed by atoms with E-state index in [1.807, 2.05) is 46.8 Å². The molecule has 0 atom stereocenters. The predicted octanol–water partition coefficient (Wildman–Crippen LogP) is 3.37. The van der Waals surface area contributed by atoms with Crippen LogP contribution in [-0.2, 0) is 0 Å². The number of nitrogens with zero attached hydrogens (tertiary/aromatic N) is 1. The van der Waals surface area contributed by atoms with Gasteiger partial charge in [-0.1, -0.05) is 39.8 Å². The molecule has 2 rings (SSSR count). The Kier molecular flexibility index (Phi) is 3.48. The Morgan fingerprint density at radius 3 is 2.11 bits per heavy atom. The second-order valence-electron chi connectivity index (χ2n) is 5.99. The fourth-order valence-electron chi connectivity index (χ4n) is 2.60. The molecular formula is C16H21NO2. The molecular weight excluding hydrogens is 238 g/mol. The van der Waals surface area contributed by atoms with E-state index in [9.17, 15) is 9.59 Å². The van der Waals surface area contributed by atoms with Gasteiger partial charge in [0.25, 0.3) is 11.8 Å². The van der Waals surface area contributed by atoms with Crippen molar-refractivity contribution >= 4 is 11.8 Å². The number of imide groups is 1. The molecule has 0 saturated heterocycles. The second kappa shape index (κ2) is 4.80. The van der Waals surface area contributed by atoms with Crippen LogP contribution in [0.25, 0.3) is 0 Å². The maximum atomic E-state index is 12.5. The molecule has 0 unspecified atom stereocenters. The number of hydrogen-bond acceptors (Lipinski definition) is 2. The van der Waals surface area contributed by atoms with Crippen molar-refractivity contribution in [3.63, 3.8) is 0 Å². The van der Waals surface area contributed by atoms with Gasteiger partial charge in [0.2, 0.25) is 0 Å². The van der Waals surface area contributed by atoms with Gasteiger partial charge in [-0.15, -0.1) is 0 Å². The van der Waals surface area contributed by atoms with Crippen LogP contribution in [0.2, 0.25) is 0 Å². The fourth-order valence-corrected chi connectivity index (χ4v) is 2.60. The highest BCUT2D eigenvalue weighted by atomic mass is 16.2. The summed E-state index contributed by atoms with van der Waals surface area (Å²) in [6.45, 7) is 10.5. The third-order valence-electron chi connectivity index (χ3n) is 3.53. The molecule has 0 spiro atoms. The first-order chi connectivity index (χ1) is 8.84. The summed E-state index contributed by atoms with van der Waals surface area (Å²) in [6.07, 6.45) is 0. The highest BCUT2D eigenvalue weighted by molar-refractivity contribution is 6.22. The lowest BCUT2D eigenvalue weighted by Gasteiger charge is -2.16. The molecule has 2 amide bonds. The van der Waals surface area contributed by atoms with Crippen molar-refractivity contribution in [1.29, 1.82) is 0 Å². The zero-order chi connectivity index (χ0) is 14.3. The van der Waals surface area contributed by atoms with Gasteiger partial charge in [-0.05, 0) is 29.9 Å². The number of aryl methyl sites for hydroxylation is 1. The topological polar surface area (TPSA) is 37.4 Å². The molecule has 1 heterocycles. The largest absolute Gasteiger partial charge is 0.274 e. The number of carbonyl (C=O) groups is 2. The maximum Gasteiger partial charge on any atom is 0.261 e. The third-order valence-corrected chi connectivity index (χ3v) is 3.53. The molecule has 1 aliphatic rings. The summed E-state index contributed by atoms with van der Waals surface area (Å²) in [6, 6.07) is 3.92. The van der Waals surface area contributed by atoms with Gasteiger partial charge in [0.1, 0.15) is 0 Å². The number of rotatable bonds is 3. The van der Waals surface area contributed by atoms with Crippen LogP contribution in [0, 0.1) is 12.8 Å². The van der Waals surface area contributed by atoms with Crippen molar-refractivity contribution in [3.8, 4) is 0 Å². The Morgan fingerprint density at radius 2 is 1.58 bits per heavy atom. The van der Waals surface area contributed by atoms with Crippen LogP contribution in [0.3, 0.4) is 0 Å². The van der Waals surface area contributed by atoms with E-state index in [-0.39, 0.29) is 23.7 Å². The Hall–Kier alpha value is -1.64. The number of carbonyl (C=O) groups excluding carboxylic acids is 2. The average molecular weight is 259 g/mol. The van der Waals surface area contributed by atoms with Gasteiger partial charge in [0.05, 0.1) is 11.1 Å². The molecule has 1 aromatic rings. The lowest BCUT2D eigenvalue weighted by Crippen LogP contribution is -2.33. The molecule has 0 saturated carbocycles. The van der Waals surface area contributed by atoms with Gasteiger partial charge in [-0.25, -0.2) is 0 Å². The lowest BCUT2D eigenvalue weighted by molar-refractivity contribution is 0.0635. The predicted molar refractivity (Wildman–Crippen MR) is 75.5 cm³/mol. The van der Waals surface area contributed by atoms with Crippen molar-refractivity contribution in [1.82, 2.24) is 4.90 Å². The van der Waals surface area contributed by atoms with Crippen molar-refractivity contribution in [3.05, 3.63) is 34.4 Å². The highest BCUT2D eigenvalue weighted by Gasteiger charge is 2.38. The van der Waals surface area contributed by atoms with E-state index in [4.69, 9.17) is 0 Å². The number of fused-ring (bicyclic) bond motifs is 1. The van der Waals surface area contributed by atoms with Crippen LogP contribution in [0.1, 0.15) is 65.5 Å². The van der Waals surface area contributed by atoms with E-state index in [1.54, 1.807) is 0 Å². The molecule has 0 aliphatic carbocycles. The van der Waals surface area contributed by atoms with Crippen molar-refractivity contribution in [2.24, 2.45) is 5.92 Å². The molecule has 0 fully saturated rings. The van der Waals surface area contributed by atoms with E-state index in [2.05, 4.69) is 0 Å². The van der Waals surface area contributed by atoms with Crippen LogP contribution < -0.4 is 0 Å². The molecule has 19 heavy (non-hydrogen) atoms. The SMILES string of the molecule is Cc1ccc(C(C)C)c2c1C(=O)N(CC(C)C)C2=O. The second-order valence-corrected chi connectivity index (χ2v) is 5.99. The van der Waals surface area contributed by atoms with E-state index < -0.39 is 0 Å². The number of amides is 2. The zero-order valence-electron chi connectivity index (χ0n) is 12.3. The first-order valence-electron chi connectivity index (χ1n) is 6.84. The van der Waals surface area contributed by atoms with Gasteiger partial charge in [0.15, 0.2) is 0 Å². The molecule has 0 aromatic heterocycles.